The van der Waals surface area contributed by atoms with Crippen LogP contribution >= 0.6 is 11.8 Å². The minimum Gasteiger partial charge on any atom is -0.501 e. The van der Waals surface area contributed by atoms with Crippen LogP contribution < -0.4 is 5.32 Å². The average molecular weight is 263 g/mol. The summed E-state index contributed by atoms with van der Waals surface area (Å²) in [6.45, 7) is 3.97. The van der Waals surface area contributed by atoms with E-state index in [0.717, 1.165) is 26.0 Å². The smallest absolute Gasteiger partial charge is 0.0876 e. The van der Waals surface area contributed by atoms with Crippen molar-refractivity contribution in [2.24, 2.45) is 0 Å². The van der Waals surface area contributed by atoms with E-state index in [1.807, 2.05) is 6.26 Å². The summed E-state index contributed by atoms with van der Waals surface area (Å²) in [5.74, 6) is 0. The van der Waals surface area contributed by atoms with Crippen LogP contribution in [-0.2, 0) is 4.74 Å². The lowest BCUT2D eigenvalue weighted by Gasteiger charge is -2.25. The lowest BCUT2D eigenvalue weighted by molar-refractivity contribution is 0.219. The van der Waals surface area contributed by atoms with Gasteiger partial charge in [-0.1, -0.05) is 25.1 Å². The first-order chi connectivity index (χ1) is 8.86. The van der Waals surface area contributed by atoms with E-state index in [9.17, 15) is 0 Å². The molecule has 0 amide bonds. The molecule has 98 valence electrons. The molecule has 1 aliphatic heterocycles. The summed E-state index contributed by atoms with van der Waals surface area (Å²) in [5.41, 5.74) is 2.73. The molecule has 0 fully saturated rings. The Labute approximate surface area is 114 Å². The number of benzene rings is 1. The van der Waals surface area contributed by atoms with Crippen LogP contribution in [0.1, 0.15) is 31.4 Å². The predicted octanol–water partition coefficient (Wildman–Crippen LogP) is 3.75. The van der Waals surface area contributed by atoms with Crippen LogP contribution in [0.2, 0.25) is 0 Å². The SMILES string of the molecule is CCNC(C1=COCCC1)c1ccccc1SC. The third-order valence-corrected chi connectivity index (χ3v) is 4.00. The van der Waals surface area contributed by atoms with Crippen LogP contribution in [-0.4, -0.2) is 19.4 Å². The highest BCUT2D eigenvalue weighted by Gasteiger charge is 2.20. The number of thioether (sulfide) groups is 1. The van der Waals surface area contributed by atoms with Crippen molar-refractivity contribution in [1.82, 2.24) is 5.32 Å². The molecule has 0 spiro atoms. The molecular weight excluding hydrogens is 242 g/mol. The third kappa shape index (κ3) is 3.09. The Kier molecular flexibility index (Phi) is 5.14. The van der Waals surface area contributed by atoms with Crippen LogP contribution in [0.4, 0.5) is 0 Å². The monoisotopic (exact) mass is 263 g/mol. The van der Waals surface area contributed by atoms with Crippen LogP contribution in [0, 0.1) is 0 Å². The minimum absolute atomic E-state index is 0.291. The highest BCUT2D eigenvalue weighted by molar-refractivity contribution is 7.98. The van der Waals surface area contributed by atoms with E-state index in [0.29, 0.717) is 6.04 Å². The quantitative estimate of drug-likeness (QED) is 0.817. The fraction of sp³-hybridized carbons (Fsp3) is 0.467. The maximum atomic E-state index is 5.50. The van der Waals surface area contributed by atoms with Gasteiger partial charge in [-0.05, 0) is 42.8 Å². The molecule has 0 radical (unpaired) electrons. The molecular formula is C15H21NOS. The number of hydrogen-bond acceptors (Lipinski definition) is 3. The zero-order valence-electron chi connectivity index (χ0n) is 11.1. The highest BCUT2D eigenvalue weighted by atomic mass is 32.2. The normalized spacial score (nSPS) is 16.9. The summed E-state index contributed by atoms with van der Waals surface area (Å²) < 4.78 is 5.50. The fourth-order valence-electron chi connectivity index (χ4n) is 2.35. The van der Waals surface area contributed by atoms with E-state index in [1.165, 1.54) is 16.0 Å². The van der Waals surface area contributed by atoms with Gasteiger partial charge in [0.15, 0.2) is 0 Å². The standard InChI is InChI=1S/C15H21NOS/c1-3-16-15(12-7-6-10-17-11-12)13-8-4-5-9-14(13)18-2/h4-5,8-9,11,15-16H,3,6-7,10H2,1-2H3. The third-order valence-electron chi connectivity index (χ3n) is 3.19. The van der Waals surface area contributed by atoms with Gasteiger partial charge in [0.25, 0.3) is 0 Å². The van der Waals surface area contributed by atoms with E-state index < -0.39 is 0 Å². The first-order valence-electron chi connectivity index (χ1n) is 6.53. The molecule has 2 rings (SSSR count). The van der Waals surface area contributed by atoms with Crippen LogP contribution in [0.3, 0.4) is 0 Å². The van der Waals surface area contributed by atoms with E-state index in [4.69, 9.17) is 4.74 Å². The van der Waals surface area contributed by atoms with Crippen LogP contribution in [0.15, 0.2) is 41.0 Å². The molecule has 1 aliphatic rings. The summed E-state index contributed by atoms with van der Waals surface area (Å²) in [5, 5.41) is 3.58. The van der Waals surface area contributed by atoms with Crippen molar-refractivity contribution in [3.8, 4) is 0 Å². The molecule has 0 bridgehead atoms. The Morgan fingerprint density at radius 1 is 1.39 bits per heavy atom. The lowest BCUT2D eigenvalue weighted by Crippen LogP contribution is -2.24. The molecule has 1 heterocycles. The van der Waals surface area contributed by atoms with Crippen molar-refractivity contribution in [3.63, 3.8) is 0 Å². The van der Waals surface area contributed by atoms with Crippen molar-refractivity contribution in [3.05, 3.63) is 41.7 Å². The van der Waals surface area contributed by atoms with Gasteiger partial charge >= 0.3 is 0 Å². The Balaban J connectivity index is 2.31. The Bertz CT molecular complexity index is 417. The van der Waals surface area contributed by atoms with Gasteiger partial charge in [-0.15, -0.1) is 11.8 Å². The van der Waals surface area contributed by atoms with Crippen LogP contribution in [0.25, 0.3) is 0 Å². The number of rotatable bonds is 5. The lowest BCUT2D eigenvalue weighted by atomic mass is 9.95. The zero-order valence-corrected chi connectivity index (χ0v) is 11.9. The van der Waals surface area contributed by atoms with Crippen molar-refractivity contribution in [1.29, 1.82) is 0 Å². The molecule has 0 aliphatic carbocycles. The molecule has 1 unspecified atom stereocenters. The second-order valence-electron chi connectivity index (χ2n) is 4.40. The fourth-order valence-corrected chi connectivity index (χ4v) is 2.98. The van der Waals surface area contributed by atoms with Gasteiger partial charge in [0.1, 0.15) is 0 Å². The maximum absolute atomic E-state index is 5.50. The number of hydrogen-bond donors (Lipinski definition) is 1. The predicted molar refractivity (Wildman–Crippen MR) is 77.9 cm³/mol. The number of ether oxygens (including phenoxy) is 1. The highest BCUT2D eigenvalue weighted by Crippen LogP contribution is 2.33. The van der Waals surface area contributed by atoms with Crippen molar-refractivity contribution in [2.75, 3.05) is 19.4 Å². The average Bonchev–Trinajstić information content (AvgIpc) is 2.46. The second kappa shape index (κ2) is 6.86. The van der Waals surface area contributed by atoms with Gasteiger partial charge in [0, 0.05) is 4.90 Å². The van der Waals surface area contributed by atoms with Gasteiger partial charge in [0.2, 0.25) is 0 Å². The van der Waals surface area contributed by atoms with E-state index in [-0.39, 0.29) is 0 Å². The summed E-state index contributed by atoms with van der Waals surface area (Å²) in [6.07, 6.45) is 6.33. The molecule has 18 heavy (non-hydrogen) atoms. The van der Waals surface area contributed by atoms with Gasteiger partial charge in [0.05, 0.1) is 18.9 Å². The van der Waals surface area contributed by atoms with Crippen molar-refractivity contribution < 1.29 is 4.74 Å². The molecule has 3 heteroatoms. The van der Waals surface area contributed by atoms with Crippen LogP contribution in [0.5, 0.6) is 0 Å². The molecule has 1 atom stereocenters. The minimum atomic E-state index is 0.291. The van der Waals surface area contributed by atoms with Crippen molar-refractivity contribution in [2.45, 2.75) is 30.7 Å². The molecule has 1 aromatic carbocycles. The van der Waals surface area contributed by atoms with E-state index >= 15 is 0 Å². The Hall–Kier alpha value is -0.930. The molecule has 0 saturated heterocycles. The summed E-state index contributed by atoms with van der Waals surface area (Å²) >= 11 is 1.81. The van der Waals surface area contributed by atoms with E-state index in [2.05, 4.69) is 42.8 Å². The molecule has 2 nitrogen and oxygen atoms in total. The van der Waals surface area contributed by atoms with Gasteiger partial charge < -0.3 is 10.1 Å². The van der Waals surface area contributed by atoms with E-state index in [1.54, 1.807) is 11.8 Å². The Morgan fingerprint density at radius 2 is 2.22 bits per heavy atom. The topological polar surface area (TPSA) is 21.3 Å². The molecule has 0 aromatic heterocycles. The second-order valence-corrected chi connectivity index (χ2v) is 5.25. The molecule has 1 aromatic rings. The van der Waals surface area contributed by atoms with Gasteiger partial charge in [-0.3, -0.25) is 0 Å². The first-order valence-corrected chi connectivity index (χ1v) is 7.76. The molecule has 1 N–H and O–H groups in total. The summed E-state index contributed by atoms with van der Waals surface area (Å²) in [4.78, 5) is 1.34. The molecule has 0 saturated carbocycles. The van der Waals surface area contributed by atoms with Gasteiger partial charge in [-0.25, -0.2) is 0 Å². The zero-order chi connectivity index (χ0) is 12.8. The maximum Gasteiger partial charge on any atom is 0.0876 e. The summed E-state index contributed by atoms with van der Waals surface area (Å²) in [6, 6.07) is 8.91. The Morgan fingerprint density at radius 3 is 2.89 bits per heavy atom. The summed E-state index contributed by atoms with van der Waals surface area (Å²) in [7, 11) is 0. The first kappa shape index (κ1) is 13.5. The number of likely N-dealkylation sites (N-methyl/N-ethyl adjacent to an activating group) is 1. The van der Waals surface area contributed by atoms with Gasteiger partial charge in [-0.2, -0.15) is 0 Å². The number of nitrogens with one attached hydrogen (secondary N) is 1. The van der Waals surface area contributed by atoms with Crippen molar-refractivity contribution >= 4 is 11.8 Å². The largest absolute Gasteiger partial charge is 0.501 e.